The normalized spacial score (nSPS) is 23.7. The van der Waals surface area contributed by atoms with E-state index in [0.29, 0.717) is 33.0 Å². The van der Waals surface area contributed by atoms with Crippen molar-refractivity contribution in [3.63, 3.8) is 0 Å². The second-order valence-electron chi connectivity index (χ2n) is 11.8. The molecule has 3 aliphatic rings. The zero-order valence-electron chi connectivity index (χ0n) is 22.2. The molecule has 2 heterocycles. The topological polar surface area (TPSA) is 154 Å². The Morgan fingerprint density at radius 1 is 1.03 bits per heavy atom. The van der Waals surface area contributed by atoms with Crippen LogP contribution in [0, 0.1) is 17.3 Å². The van der Waals surface area contributed by atoms with E-state index >= 15 is 0 Å². The molecule has 3 rings (SSSR count). The van der Waals surface area contributed by atoms with Crippen molar-refractivity contribution in [2.75, 3.05) is 19.8 Å². The summed E-state index contributed by atoms with van der Waals surface area (Å²) in [6, 6.07) is -3.87. The molecule has 0 spiro atoms. The van der Waals surface area contributed by atoms with Crippen LogP contribution in [-0.4, -0.2) is 89.5 Å². The lowest BCUT2D eigenvalue weighted by Gasteiger charge is -2.35. The van der Waals surface area contributed by atoms with Crippen LogP contribution in [0.4, 0.5) is 13.6 Å². The summed E-state index contributed by atoms with van der Waals surface area (Å²) in [6.07, 6.45) is -0.922. The number of carbonyl (C=O) groups is 5. The predicted molar refractivity (Wildman–Crippen MR) is 130 cm³/mol. The molecule has 4 amide bonds. The molecule has 2 aliphatic heterocycles. The fourth-order valence-electron chi connectivity index (χ4n) is 4.74. The van der Waals surface area contributed by atoms with Crippen LogP contribution >= 0.6 is 0 Å². The molecular formula is C25H38F2N4O7. The monoisotopic (exact) mass is 544 g/mol. The zero-order chi connectivity index (χ0) is 28.4. The maximum atomic E-state index is 13.6. The van der Waals surface area contributed by atoms with Gasteiger partial charge < -0.3 is 30.7 Å². The van der Waals surface area contributed by atoms with Gasteiger partial charge in [0.1, 0.15) is 12.1 Å². The van der Waals surface area contributed by atoms with Crippen molar-refractivity contribution in [1.29, 1.82) is 0 Å². The van der Waals surface area contributed by atoms with Gasteiger partial charge in [0.05, 0.1) is 19.3 Å². The largest absolute Gasteiger partial charge is 0.465 e. The third-order valence-electron chi connectivity index (χ3n) is 7.27. The van der Waals surface area contributed by atoms with Crippen molar-refractivity contribution < 1.29 is 42.6 Å². The van der Waals surface area contributed by atoms with Crippen molar-refractivity contribution in [3.05, 3.63) is 0 Å². The lowest BCUT2D eigenvalue weighted by atomic mass is 9.85. The summed E-state index contributed by atoms with van der Waals surface area (Å²) in [5.41, 5.74) is -0.819. The SMILES string of the molecule is CC(F)(F)CC[C@H](NC(=O)[C@@H]1CC(C2COC2)CN1C(=O)[C@@H](NC(=O)O)C(C)(C)C)C(=O)C(=O)NC1CC1. The Kier molecular flexibility index (Phi) is 9.00. The minimum absolute atomic E-state index is 0.101. The van der Waals surface area contributed by atoms with Gasteiger partial charge >= 0.3 is 6.09 Å². The molecular weight excluding hydrogens is 506 g/mol. The number of likely N-dealkylation sites (tertiary alicyclic amines) is 1. The van der Waals surface area contributed by atoms with Crippen LogP contribution in [0.25, 0.3) is 0 Å². The molecule has 0 aromatic carbocycles. The summed E-state index contributed by atoms with van der Waals surface area (Å²) in [4.78, 5) is 65.0. The lowest BCUT2D eigenvalue weighted by Crippen LogP contribution is -2.59. The van der Waals surface area contributed by atoms with Crippen molar-refractivity contribution in [3.8, 4) is 0 Å². The van der Waals surface area contributed by atoms with Crippen LogP contribution in [-0.2, 0) is 23.9 Å². The Bertz CT molecular complexity index is 941. The first-order valence-corrected chi connectivity index (χ1v) is 13.0. The Morgan fingerprint density at radius 3 is 2.13 bits per heavy atom. The van der Waals surface area contributed by atoms with Crippen LogP contribution in [0.5, 0.6) is 0 Å². The first-order valence-electron chi connectivity index (χ1n) is 13.0. The Hall–Kier alpha value is -2.83. The minimum atomic E-state index is -3.12. The summed E-state index contributed by atoms with van der Waals surface area (Å²) in [6.45, 7) is 6.85. The predicted octanol–water partition coefficient (Wildman–Crippen LogP) is 1.30. The molecule has 2 saturated heterocycles. The van der Waals surface area contributed by atoms with Gasteiger partial charge in [0, 0.05) is 24.9 Å². The number of carbonyl (C=O) groups excluding carboxylic acids is 4. The lowest BCUT2D eigenvalue weighted by molar-refractivity contribution is -0.144. The molecule has 11 nitrogen and oxygen atoms in total. The van der Waals surface area contributed by atoms with Gasteiger partial charge in [-0.15, -0.1) is 0 Å². The third-order valence-corrected chi connectivity index (χ3v) is 7.27. The second-order valence-corrected chi connectivity index (χ2v) is 11.8. The molecule has 4 atom stereocenters. The highest BCUT2D eigenvalue weighted by molar-refractivity contribution is 6.38. The van der Waals surface area contributed by atoms with E-state index in [1.54, 1.807) is 20.8 Å². The number of halogens is 2. The number of ketones is 1. The zero-order valence-corrected chi connectivity index (χ0v) is 22.2. The molecule has 4 N–H and O–H groups in total. The molecule has 214 valence electrons. The van der Waals surface area contributed by atoms with Gasteiger partial charge in [-0.3, -0.25) is 19.2 Å². The highest BCUT2D eigenvalue weighted by Crippen LogP contribution is 2.35. The smallest absolute Gasteiger partial charge is 0.405 e. The van der Waals surface area contributed by atoms with Gasteiger partial charge in [-0.1, -0.05) is 20.8 Å². The molecule has 3 fully saturated rings. The number of ether oxygens (including phenoxy) is 1. The van der Waals surface area contributed by atoms with Gasteiger partial charge in [-0.2, -0.15) is 0 Å². The fourth-order valence-corrected chi connectivity index (χ4v) is 4.74. The van der Waals surface area contributed by atoms with E-state index in [1.807, 2.05) is 0 Å². The third kappa shape index (κ3) is 7.84. The van der Waals surface area contributed by atoms with E-state index in [-0.39, 0.29) is 30.8 Å². The highest BCUT2D eigenvalue weighted by Gasteiger charge is 2.48. The first kappa shape index (κ1) is 29.7. The van der Waals surface area contributed by atoms with Gasteiger partial charge in [0.15, 0.2) is 0 Å². The number of Topliss-reactive ketones (excluding diaryl/α,β-unsaturated/α-hetero) is 1. The molecule has 0 aromatic rings. The highest BCUT2D eigenvalue weighted by atomic mass is 19.3. The van der Waals surface area contributed by atoms with E-state index < -0.39 is 71.9 Å². The molecule has 1 saturated carbocycles. The van der Waals surface area contributed by atoms with E-state index in [9.17, 15) is 37.9 Å². The molecule has 0 radical (unpaired) electrons. The van der Waals surface area contributed by atoms with Crippen molar-refractivity contribution in [2.24, 2.45) is 17.3 Å². The average molecular weight is 545 g/mol. The van der Waals surface area contributed by atoms with E-state index in [4.69, 9.17) is 4.74 Å². The number of hydrogen-bond donors (Lipinski definition) is 4. The standard InChI is InChI=1S/C25H38F2N4O7/c1-24(2,3)19(30-23(36)37)22(35)31-10-13(14-11-38-12-14)9-17(31)20(33)29-16(7-8-25(4,26)27)18(32)21(34)28-15-5-6-15/h13-17,19,30H,5-12H2,1-4H3,(H,28,34)(H,29,33)(H,36,37)/t13?,16-,17-,19+/m0/s1. The van der Waals surface area contributed by atoms with Crippen molar-refractivity contribution >= 4 is 29.6 Å². The van der Waals surface area contributed by atoms with E-state index in [2.05, 4.69) is 16.0 Å². The van der Waals surface area contributed by atoms with Gasteiger partial charge in [-0.25, -0.2) is 13.6 Å². The number of nitrogens with one attached hydrogen (secondary N) is 3. The van der Waals surface area contributed by atoms with Crippen LogP contribution < -0.4 is 16.0 Å². The number of hydrogen-bond acceptors (Lipinski definition) is 6. The Balaban J connectivity index is 1.82. The maximum Gasteiger partial charge on any atom is 0.405 e. The maximum absolute atomic E-state index is 13.6. The Labute approximate surface area is 220 Å². The van der Waals surface area contributed by atoms with Gasteiger partial charge in [0.2, 0.25) is 23.5 Å². The summed E-state index contributed by atoms with van der Waals surface area (Å²) >= 11 is 0. The van der Waals surface area contributed by atoms with Crippen LogP contribution in [0.3, 0.4) is 0 Å². The fraction of sp³-hybridized carbons (Fsp3) is 0.800. The second kappa shape index (κ2) is 11.5. The van der Waals surface area contributed by atoms with Gasteiger partial charge in [0.25, 0.3) is 5.91 Å². The Morgan fingerprint density at radius 2 is 1.66 bits per heavy atom. The number of alkyl halides is 2. The number of amides is 4. The molecule has 1 aliphatic carbocycles. The average Bonchev–Trinajstić information content (AvgIpc) is 3.46. The molecule has 13 heteroatoms. The molecule has 1 unspecified atom stereocenters. The van der Waals surface area contributed by atoms with Crippen LogP contribution in [0.1, 0.15) is 59.8 Å². The quantitative estimate of drug-likeness (QED) is 0.286. The van der Waals surface area contributed by atoms with Crippen LogP contribution in [0.2, 0.25) is 0 Å². The van der Waals surface area contributed by atoms with Gasteiger partial charge in [-0.05, 0) is 43.9 Å². The van der Waals surface area contributed by atoms with Crippen LogP contribution in [0.15, 0.2) is 0 Å². The van der Waals surface area contributed by atoms with Crippen molar-refractivity contribution in [1.82, 2.24) is 20.9 Å². The molecule has 0 aromatic heterocycles. The first-order chi connectivity index (χ1) is 17.6. The van der Waals surface area contributed by atoms with E-state index in [1.165, 1.54) is 4.90 Å². The molecule has 38 heavy (non-hydrogen) atoms. The van der Waals surface area contributed by atoms with Crippen molar-refractivity contribution in [2.45, 2.75) is 89.9 Å². The van der Waals surface area contributed by atoms with E-state index in [0.717, 1.165) is 0 Å². The number of carboxylic acid groups (broad SMARTS) is 1. The summed E-state index contributed by atoms with van der Waals surface area (Å²) in [5.74, 6) is -6.44. The number of rotatable bonds is 11. The summed E-state index contributed by atoms with van der Waals surface area (Å²) < 4.78 is 32.5. The number of nitrogens with zero attached hydrogens (tertiary/aromatic N) is 1. The minimum Gasteiger partial charge on any atom is -0.465 e. The summed E-state index contributed by atoms with van der Waals surface area (Å²) in [7, 11) is 0. The molecule has 0 bridgehead atoms. The summed E-state index contributed by atoms with van der Waals surface area (Å²) in [5, 5.41) is 16.5.